The van der Waals surface area contributed by atoms with Gasteiger partial charge in [-0.3, -0.25) is 0 Å². The van der Waals surface area contributed by atoms with Crippen LogP contribution in [-0.2, 0) is 0 Å². The minimum atomic E-state index is -0.860. The van der Waals surface area contributed by atoms with Gasteiger partial charge < -0.3 is 5.11 Å². The van der Waals surface area contributed by atoms with Crippen molar-refractivity contribution >= 4 is 31.9 Å². The molecule has 2 rings (SSSR count). The molecule has 0 heterocycles. The normalized spacial score (nSPS) is 12.5. The van der Waals surface area contributed by atoms with E-state index in [1.165, 1.54) is 6.07 Å². The summed E-state index contributed by atoms with van der Waals surface area (Å²) in [5, 5.41) is 10.4. The molecule has 1 unspecified atom stereocenters. The highest BCUT2D eigenvalue weighted by atomic mass is 79.9. The third-order valence-corrected chi connectivity index (χ3v) is 4.63. The van der Waals surface area contributed by atoms with Crippen molar-refractivity contribution in [2.75, 3.05) is 0 Å². The summed E-state index contributed by atoms with van der Waals surface area (Å²) < 4.78 is 15.3. The molecule has 0 radical (unpaired) electrons. The monoisotopic (exact) mass is 386 g/mol. The van der Waals surface area contributed by atoms with Gasteiger partial charge in [-0.1, -0.05) is 44.0 Å². The molecule has 0 aliphatic carbocycles. The van der Waals surface area contributed by atoms with Gasteiger partial charge in [0.2, 0.25) is 0 Å². The first-order chi connectivity index (χ1) is 8.90. The van der Waals surface area contributed by atoms with E-state index in [1.807, 2.05) is 19.1 Å². The third-order valence-electron chi connectivity index (χ3n) is 3.08. The zero-order chi connectivity index (χ0) is 14.2. The Morgan fingerprint density at radius 3 is 2.32 bits per heavy atom. The van der Waals surface area contributed by atoms with Crippen LogP contribution in [0.5, 0.6) is 0 Å². The fourth-order valence-electron chi connectivity index (χ4n) is 1.83. The van der Waals surface area contributed by atoms with Gasteiger partial charge in [-0.15, -0.1) is 0 Å². The molecule has 0 amide bonds. The summed E-state index contributed by atoms with van der Waals surface area (Å²) in [5.41, 5.74) is 2.89. The molecule has 2 aromatic carbocycles. The minimum absolute atomic E-state index is 0.307. The van der Waals surface area contributed by atoms with Gasteiger partial charge in [-0.2, -0.15) is 0 Å². The van der Waals surface area contributed by atoms with Crippen LogP contribution in [0.25, 0.3) is 0 Å². The topological polar surface area (TPSA) is 20.2 Å². The second-order valence-corrected chi connectivity index (χ2v) is 6.24. The van der Waals surface area contributed by atoms with Gasteiger partial charge in [0.05, 0.1) is 0 Å². The Bertz CT molecular complexity index is 626. The zero-order valence-electron chi connectivity index (χ0n) is 10.5. The largest absolute Gasteiger partial charge is 0.384 e. The standard InChI is InChI=1S/C15H13Br2FO/c1-8-3-4-10(6-14(8)18)15(19)11-7-12(16)9(2)5-13(11)17/h3-7,15,19H,1-2H3. The van der Waals surface area contributed by atoms with E-state index in [4.69, 9.17) is 0 Å². The molecular formula is C15H13Br2FO. The third kappa shape index (κ3) is 3.07. The minimum Gasteiger partial charge on any atom is -0.384 e. The maximum Gasteiger partial charge on any atom is 0.126 e. The van der Waals surface area contributed by atoms with E-state index in [9.17, 15) is 9.50 Å². The summed E-state index contributed by atoms with van der Waals surface area (Å²) >= 11 is 6.88. The predicted molar refractivity (Wildman–Crippen MR) is 81.8 cm³/mol. The molecule has 4 heteroatoms. The molecule has 0 aromatic heterocycles. The van der Waals surface area contributed by atoms with Crippen LogP contribution in [0.15, 0.2) is 39.3 Å². The van der Waals surface area contributed by atoms with Gasteiger partial charge in [0.15, 0.2) is 0 Å². The molecule has 0 saturated heterocycles. The molecule has 0 fully saturated rings. The average molecular weight is 388 g/mol. The summed E-state index contributed by atoms with van der Waals surface area (Å²) in [6, 6.07) is 8.56. The lowest BCUT2D eigenvalue weighted by atomic mass is 9.99. The smallest absolute Gasteiger partial charge is 0.126 e. The van der Waals surface area contributed by atoms with E-state index in [0.29, 0.717) is 16.7 Å². The molecule has 2 aromatic rings. The molecule has 0 spiro atoms. The van der Waals surface area contributed by atoms with Gasteiger partial charge >= 0.3 is 0 Å². The highest BCUT2D eigenvalue weighted by molar-refractivity contribution is 9.11. The lowest BCUT2D eigenvalue weighted by molar-refractivity contribution is 0.219. The van der Waals surface area contributed by atoms with E-state index in [0.717, 1.165) is 14.5 Å². The predicted octanol–water partition coefficient (Wildman–Crippen LogP) is 5.05. The summed E-state index contributed by atoms with van der Waals surface area (Å²) in [6.07, 6.45) is -0.860. The lowest BCUT2D eigenvalue weighted by Gasteiger charge is -2.15. The number of hydrogen-bond acceptors (Lipinski definition) is 1. The first kappa shape index (κ1) is 14.7. The Labute approximate surface area is 128 Å². The maximum atomic E-state index is 13.6. The number of rotatable bonds is 2. The zero-order valence-corrected chi connectivity index (χ0v) is 13.7. The van der Waals surface area contributed by atoms with Crippen molar-refractivity contribution in [1.29, 1.82) is 0 Å². The maximum absolute atomic E-state index is 13.6. The summed E-state index contributed by atoms with van der Waals surface area (Å²) in [4.78, 5) is 0. The van der Waals surface area contributed by atoms with Gasteiger partial charge in [0.25, 0.3) is 0 Å². The van der Waals surface area contributed by atoms with Crippen molar-refractivity contribution in [1.82, 2.24) is 0 Å². The second kappa shape index (κ2) is 5.73. The van der Waals surface area contributed by atoms with Crippen molar-refractivity contribution < 1.29 is 9.50 Å². The summed E-state index contributed by atoms with van der Waals surface area (Å²) in [7, 11) is 0. The van der Waals surface area contributed by atoms with Crippen LogP contribution in [0, 0.1) is 19.7 Å². The molecule has 19 heavy (non-hydrogen) atoms. The SMILES string of the molecule is Cc1ccc(C(O)c2cc(Br)c(C)cc2Br)cc1F. The first-order valence-corrected chi connectivity index (χ1v) is 7.38. The van der Waals surface area contributed by atoms with Crippen molar-refractivity contribution in [3.8, 4) is 0 Å². The van der Waals surface area contributed by atoms with Crippen LogP contribution < -0.4 is 0 Å². The van der Waals surface area contributed by atoms with Crippen LogP contribution in [0.4, 0.5) is 4.39 Å². The average Bonchev–Trinajstić information content (AvgIpc) is 2.36. The molecule has 1 atom stereocenters. The first-order valence-electron chi connectivity index (χ1n) is 5.80. The fraction of sp³-hybridized carbons (Fsp3) is 0.200. The van der Waals surface area contributed by atoms with E-state index in [2.05, 4.69) is 31.9 Å². The van der Waals surface area contributed by atoms with Gasteiger partial charge in [0, 0.05) is 14.5 Å². The molecule has 0 bridgehead atoms. The Morgan fingerprint density at radius 1 is 1.00 bits per heavy atom. The van der Waals surface area contributed by atoms with Crippen LogP contribution >= 0.6 is 31.9 Å². The Morgan fingerprint density at radius 2 is 1.68 bits per heavy atom. The van der Waals surface area contributed by atoms with E-state index in [-0.39, 0.29) is 5.82 Å². The number of aliphatic hydroxyl groups excluding tert-OH is 1. The number of aryl methyl sites for hydroxylation is 2. The quantitative estimate of drug-likeness (QED) is 0.764. The molecule has 100 valence electrons. The van der Waals surface area contributed by atoms with Crippen molar-refractivity contribution in [3.63, 3.8) is 0 Å². The Hall–Kier alpha value is -0.710. The van der Waals surface area contributed by atoms with Gasteiger partial charge in [-0.25, -0.2) is 4.39 Å². The van der Waals surface area contributed by atoms with E-state index < -0.39 is 6.10 Å². The van der Waals surface area contributed by atoms with Crippen LogP contribution in [0.3, 0.4) is 0 Å². The number of benzene rings is 2. The number of aliphatic hydroxyl groups is 1. The van der Waals surface area contributed by atoms with Crippen molar-refractivity contribution in [3.05, 3.63) is 67.3 Å². The summed E-state index contributed by atoms with van der Waals surface area (Å²) in [5.74, 6) is -0.307. The van der Waals surface area contributed by atoms with Gasteiger partial charge in [-0.05, 0) is 48.7 Å². The van der Waals surface area contributed by atoms with E-state index >= 15 is 0 Å². The molecule has 1 N–H and O–H groups in total. The fourth-order valence-corrected chi connectivity index (χ4v) is 2.87. The van der Waals surface area contributed by atoms with Crippen LogP contribution in [-0.4, -0.2) is 5.11 Å². The van der Waals surface area contributed by atoms with Crippen molar-refractivity contribution in [2.24, 2.45) is 0 Å². The molecule has 0 aliphatic rings. The van der Waals surface area contributed by atoms with Crippen molar-refractivity contribution in [2.45, 2.75) is 20.0 Å². The number of halogens is 3. The molecule has 0 aliphatic heterocycles. The lowest BCUT2D eigenvalue weighted by Crippen LogP contribution is -2.02. The number of hydrogen-bond donors (Lipinski definition) is 1. The molecular weight excluding hydrogens is 375 g/mol. The highest BCUT2D eigenvalue weighted by Crippen LogP contribution is 2.33. The summed E-state index contributed by atoms with van der Waals surface area (Å²) in [6.45, 7) is 3.67. The van der Waals surface area contributed by atoms with Crippen LogP contribution in [0.2, 0.25) is 0 Å². The van der Waals surface area contributed by atoms with E-state index in [1.54, 1.807) is 19.1 Å². The molecule has 0 saturated carbocycles. The molecule has 1 nitrogen and oxygen atoms in total. The highest BCUT2D eigenvalue weighted by Gasteiger charge is 2.16. The van der Waals surface area contributed by atoms with Crippen LogP contribution in [0.1, 0.15) is 28.4 Å². The second-order valence-electron chi connectivity index (χ2n) is 4.53. The Kier molecular flexibility index (Phi) is 4.43. The van der Waals surface area contributed by atoms with Gasteiger partial charge in [0.1, 0.15) is 11.9 Å². The Balaban J connectivity index is 2.46.